The van der Waals surface area contributed by atoms with Gasteiger partial charge in [0.25, 0.3) is 5.91 Å². The van der Waals surface area contributed by atoms with Gasteiger partial charge in [-0.15, -0.1) is 0 Å². The second-order valence-corrected chi connectivity index (χ2v) is 7.24. The van der Waals surface area contributed by atoms with Gasteiger partial charge in [-0.25, -0.2) is 4.98 Å². The predicted molar refractivity (Wildman–Crippen MR) is 106 cm³/mol. The third-order valence-corrected chi connectivity index (χ3v) is 5.40. The molecule has 0 aliphatic carbocycles. The summed E-state index contributed by atoms with van der Waals surface area (Å²) in [6.07, 6.45) is 4.30. The van der Waals surface area contributed by atoms with E-state index in [1.165, 1.54) is 0 Å². The van der Waals surface area contributed by atoms with Crippen molar-refractivity contribution in [3.8, 4) is 0 Å². The van der Waals surface area contributed by atoms with Crippen LogP contribution in [0.1, 0.15) is 35.2 Å². The van der Waals surface area contributed by atoms with Crippen molar-refractivity contribution in [3.63, 3.8) is 0 Å². The van der Waals surface area contributed by atoms with Crippen LogP contribution in [-0.4, -0.2) is 52.5 Å². The van der Waals surface area contributed by atoms with Crippen LogP contribution in [0, 0.1) is 0 Å². The Bertz CT molecular complexity index is 871. The first kappa shape index (κ1) is 18.4. The SMILES string of the molecule is O=C1CNc2ncc(C(=O)N3CCCCC3CO)cc2N1Cc1ccccc1. The van der Waals surface area contributed by atoms with E-state index in [1.807, 2.05) is 30.3 Å². The number of fused-ring (bicyclic) bond motifs is 1. The first-order valence-electron chi connectivity index (χ1n) is 9.67. The van der Waals surface area contributed by atoms with Crippen molar-refractivity contribution in [3.05, 3.63) is 53.7 Å². The minimum absolute atomic E-state index is 0.0374. The lowest BCUT2D eigenvalue weighted by Crippen LogP contribution is -2.46. The Kier molecular flexibility index (Phi) is 5.25. The number of anilines is 2. The lowest BCUT2D eigenvalue weighted by molar-refractivity contribution is -0.117. The highest BCUT2D eigenvalue weighted by atomic mass is 16.3. The average Bonchev–Trinajstić information content (AvgIpc) is 2.75. The number of nitrogens with one attached hydrogen (secondary N) is 1. The Morgan fingerprint density at radius 2 is 2.07 bits per heavy atom. The van der Waals surface area contributed by atoms with Gasteiger partial charge < -0.3 is 20.2 Å². The number of carbonyl (C=O) groups excluding carboxylic acids is 2. The number of piperidine rings is 1. The smallest absolute Gasteiger partial charge is 0.255 e. The van der Waals surface area contributed by atoms with Gasteiger partial charge in [-0.1, -0.05) is 30.3 Å². The maximum Gasteiger partial charge on any atom is 0.255 e. The van der Waals surface area contributed by atoms with E-state index < -0.39 is 0 Å². The van der Waals surface area contributed by atoms with E-state index in [4.69, 9.17) is 0 Å². The molecular formula is C21H24N4O3. The van der Waals surface area contributed by atoms with Crippen LogP contribution in [0.4, 0.5) is 11.5 Å². The summed E-state index contributed by atoms with van der Waals surface area (Å²) in [5.41, 5.74) is 2.06. The summed E-state index contributed by atoms with van der Waals surface area (Å²) in [6.45, 7) is 1.20. The lowest BCUT2D eigenvalue weighted by Gasteiger charge is -2.35. The molecule has 146 valence electrons. The molecule has 3 heterocycles. The number of rotatable bonds is 4. The van der Waals surface area contributed by atoms with Gasteiger partial charge in [0.05, 0.1) is 37.0 Å². The van der Waals surface area contributed by atoms with E-state index in [-0.39, 0.29) is 31.0 Å². The van der Waals surface area contributed by atoms with E-state index in [0.29, 0.717) is 30.2 Å². The molecule has 1 aromatic carbocycles. The third kappa shape index (κ3) is 3.57. The molecule has 1 aromatic heterocycles. The van der Waals surface area contributed by atoms with Crippen LogP contribution in [0.15, 0.2) is 42.6 Å². The number of hydrogen-bond donors (Lipinski definition) is 2. The number of benzene rings is 1. The van der Waals surface area contributed by atoms with E-state index >= 15 is 0 Å². The van der Waals surface area contributed by atoms with Crippen molar-refractivity contribution in [1.82, 2.24) is 9.88 Å². The number of pyridine rings is 1. The Morgan fingerprint density at radius 1 is 1.25 bits per heavy atom. The van der Waals surface area contributed by atoms with Gasteiger partial charge in [0.1, 0.15) is 0 Å². The number of aromatic nitrogens is 1. The van der Waals surface area contributed by atoms with Crippen molar-refractivity contribution in [1.29, 1.82) is 0 Å². The van der Waals surface area contributed by atoms with Crippen molar-refractivity contribution >= 4 is 23.3 Å². The van der Waals surface area contributed by atoms with Crippen molar-refractivity contribution in [2.24, 2.45) is 0 Å². The molecule has 2 aromatic rings. The molecule has 2 aliphatic heterocycles. The fourth-order valence-corrected chi connectivity index (χ4v) is 3.86. The van der Waals surface area contributed by atoms with E-state index in [2.05, 4.69) is 10.3 Å². The molecule has 2 N–H and O–H groups in total. The van der Waals surface area contributed by atoms with Crippen molar-refractivity contribution in [2.75, 3.05) is 29.9 Å². The number of aliphatic hydroxyl groups is 1. The summed E-state index contributed by atoms with van der Waals surface area (Å²) in [4.78, 5) is 33.4. The molecule has 0 radical (unpaired) electrons. The van der Waals surface area contributed by atoms with Gasteiger partial charge in [-0.2, -0.15) is 0 Å². The minimum atomic E-state index is -0.155. The number of carbonyl (C=O) groups is 2. The quantitative estimate of drug-likeness (QED) is 0.848. The molecule has 0 spiro atoms. The van der Waals surface area contributed by atoms with E-state index in [0.717, 1.165) is 24.8 Å². The van der Waals surface area contributed by atoms with Crippen LogP contribution in [0.25, 0.3) is 0 Å². The monoisotopic (exact) mass is 380 g/mol. The normalized spacial score (nSPS) is 19.2. The van der Waals surface area contributed by atoms with Crippen LogP contribution in [0.5, 0.6) is 0 Å². The summed E-state index contributed by atoms with van der Waals surface area (Å²) in [6, 6.07) is 11.3. The van der Waals surface area contributed by atoms with Gasteiger partial charge in [0.2, 0.25) is 5.91 Å². The molecule has 7 heteroatoms. The first-order chi connectivity index (χ1) is 13.7. The van der Waals surface area contributed by atoms with Gasteiger partial charge in [-0.3, -0.25) is 9.59 Å². The van der Waals surface area contributed by atoms with Crippen molar-refractivity contribution in [2.45, 2.75) is 31.8 Å². The highest BCUT2D eigenvalue weighted by Crippen LogP contribution is 2.31. The topological polar surface area (TPSA) is 85.8 Å². The Hall–Kier alpha value is -2.93. The number of amides is 2. The summed E-state index contributed by atoms with van der Waals surface area (Å²) >= 11 is 0. The highest BCUT2D eigenvalue weighted by Gasteiger charge is 2.30. The summed E-state index contributed by atoms with van der Waals surface area (Å²) < 4.78 is 0. The van der Waals surface area contributed by atoms with E-state index in [1.54, 1.807) is 22.1 Å². The van der Waals surface area contributed by atoms with Gasteiger partial charge >= 0.3 is 0 Å². The molecule has 7 nitrogen and oxygen atoms in total. The Morgan fingerprint density at radius 3 is 2.86 bits per heavy atom. The maximum atomic E-state index is 13.1. The van der Waals surface area contributed by atoms with Gasteiger partial charge in [0.15, 0.2) is 5.82 Å². The van der Waals surface area contributed by atoms with Crippen LogP contribution >= 0.6 is 0 Å². The molecule has 1 saturated heterocycles. The number of likely N-dealkylation sites (tertiary alicyclic amines) is 1. The summed E-state index contributed by atoms with van der Waals surface area (Å²) in [7, 11) is 0. The zero-order valence-corrected chi connectivity index (χ0v) is 15.7. The van der Waals surface area contributed by atoms with Crippen LogP contribution < -0.4 is 10.2 Å². The molecular weight excluding hydrogens is 356 g/mol. The molecule has 0 bridgehead atoms. The molecule has 2 aliphatic rings. The predicted octanol–water partition coefficient (Wildman–Crippen LogP) is 2.03. The van der Waals surface area contributed by atoms with E-state index in [9.17, 15) is 14.7 Å². The molecule has 1 atom stereocenters. The van der Waals surface area contributed by atoms with Crippen LogP contribution in [-0.2, 0) is 11.3 Å². The highest BCUT2D eigenvalue weighted by molar-refractivity contribution is 6.04. The van der Waals surface area contributed by atoms with Crippen LogP contribution in [0.2, 0.25) is 0 Å². The fourth-order valence-electron chi connectivity index (χ4n) is 3.86. The fraction of sp³-hybridized carbons (Fsp3) is 0.381. The van der Waals surface area contributed by atoms with Gasteiger partial charge in [-0.05, 0) is 30.9 Å². The minimum Gasteiger partial charge on any atom is -0.394 e. The molecule has 1 fully saturated rings. The molecule has 2 amide bonds. The molecule has 1 unspecified atom stereocenters. The summed E-state index contributed by atoms with van der Waals surface area (Å²) in [5, 5.41) is 12.6. The van der Waals surface area contributed by atoms with Crippen LogP contribution in [0.3, 0.4) is 0 Å². The average molecular weight is 380 g/mol. The lowest BCUT2D eigenvalue weighted by atomic mass is 10.0. The zero-order valence-electron chi connectivity index (χ0n) is 15.7. The molecule has 0 saturated carbocycles. The number of nitrogens with zero attached hydrogens (tertiary/aromatic N) is 3. The molecule has 28 heavy (non-hydrogen) atoms. The Balaban J connectivity index is 1.64. The second kappa shape index (κ2) is 7.98. The second-order valence-electron chi connectivity index (χ2n) is 7.24. The zero-order chi connectivity index (χ0) is 19.5. The van der Waals surface area contributed by atoms with Gasteiger partial charge in [0, 0.05) is 12.7 Å². The number of aliphatic hydroxyl groups excluding tert-OH is 1. The Labute approximate surface area is 164 Å². The molecule has 4 rings (SSSR count). The third-order valence-electron chi connectivity index (χ3n) is 5.40. The first-order valence-corrected chi connectivity index (χ1v) is 9.67. The van der Waals surface area contributed by atoms with Crippen molar-refractivity contribution < 1.29 is 14.7 Å². The summed E-state index contributed by atoms with van der Waals surface area (Å²) in [5.74, 6) is 0.394. The largest absolute Gasteiger partial charge is 0.394 e. The maximum absolute atomic E-state index is 13.1. The standard InChI is InChI=1S/C21H24N4O3/c26-14-17-8-4-5-9-24(17)21(28)16-10-18-20(22-11-16)23-12-19(27)25(18)13-15-6-2-1-3-7-15/h1-3,6-7,10-11,17,26H,4-5,8-9,12-14H2,(H,22,23). The number of hydrogen-bond acceptors (Lipinski definition) is 5.